The van der Waals surface area contributed by atoms with E-state index in [1.165, 1.54) is 0 Å². The van der Waals surface area contributed by atoms with Crippen LogP contribution in [0.15, 0.2) is 48.8 Å². The van der Waals surface area contributed by atoms with Crippen molar-refractivity contribution in [1.82, 2.24) is 9.88 Å². The van der Waals surface area contributed by atoms with E-state index >= 15 is 0 Å². The number of amides is 2. The lowest BCUT2D eigenvalue weighted by atomic mass is 9.95. The molecule has 22 heavy (non-hydrogen) atoms. The third-order valence-corrected chi connectivity index (χ3v) is 4.16. The van der Waals surface area contributed by atoms with E-state index in [0.717, 1.165) is 37.1 Å². The Bertz CT molecular complexity index is 647. The summed E-state index contributed by atoms with van der Waals surface area (Å²) in [5.41, 5.74) is 1.85. The van der Waals surface area contributed by atoms with Crippen molar-refractivity contribution in [1.29, 1.82) is 0 Å². The van der Waals surface area contributed by atoms with Gasteiger partial charge >= 0.3 is 6.03 Å². The summed E-state index contributed by atoms with van der Waals surface area (Å²) in [6.07, 6.45) is 6.45. The highest BCUT2D eigenvalue weighted by Crippen LogP contribution is 2.32. The summed E-state index contributed by atoms with van der Waals surface area (Å²) in [5.74, 6) is 0. The summed E-state index contributed by atoms with van der Waals surface area (Å²) in [7, 11) is 0. The van der Waals surface area contributed by atoms with Crippen LogP contribution in [-0.2, 0) is 0 Å². The number of rotatable bonds is 2. The Balaban J connectivity index is 1.79. The maximum Gasteiger partial charge on any atom is 0.322 e. The van der Waals surface area contributed by atoms with Crippen molar-refractivity contribution in [3.63, 3.8) is 0 Å². The molecule has 5 heteroatoms. The fraction of sp³-hybridized carbons (Fsp3) is 0.294. The molecule has 1 atom stereocenters. The number of halogens is 1. The van der Waals surface area contributed by atoms with E-state index in [-0.39, 0.29) is 12.1 Å². The summed E-state index contributed by atoms with van der Waals surface area (Å²) in [6.45, 7) is 0.758. The van der Waals surface area contributed by atoms with Crippen LogP contribution in [0.25, 0.3) is 0 Å². The summed E-state index contributed by atoms with van der Waals surface area (Å²) in [6, 6.07) is 11.4. The first-order chi connectivity index (χ1) is 10.7. The number of piperidine rings is 1. The third-order valence-electron chi connectivity index (χ3n) is 3.93. The van der Waals surface area contributed by atoms with Crippen LogP contribution in [0.5, 0.6) is 0 Å². The number of urea groups is 1. The van der Waals surface area contributed by atoms with Crippen LogP contribution in [0.3, 0.4) is 0 Å². The highest BCUT2D eigenvalue weighted by Gasteiger charge is 2.28. The van der Waals surface area contributed by atoms with E-state index in [9.17, 15) is 4.79 Å². The standard InChI is InChI=1S/C17H18ClN3O/c18-14-5-3-4-13(12-14)16-6-1-2-11-21(16)17(22)20-15-7-9-19-10-8-15/h3-5,7-10,12,16H,1-2,6,11H2,(H,19,20,22). The number of hydrogen-bond donors (Lipinski definition) is 1. The number of carbonyl (C=O) groups is 1. The Morgan fingerprint density at radius 1 is 1.23 bits per heavy atom. The van der Waals surface area contributed by atoms with Crippen LogP contribution in [0.4, 0.5) is 10.5 Å². The summed E-state index contributed by atoms with van der Waals surface area (Å²) in [4.78, 5) is 18.5. The maximum atomic E-state index is 12.6. The zero-order valence-electron chi connectivity index (χ0n) is 12.2. The molecule has 1 aromatic heterocycles. The number of hydrogen-bond acceptors (Lipinski definition) is 2. The van der Waals surface area contributed by atoms with Gasteiger partial charge in [-0.15, -0.1) is 0 Å². The zero-order chi connectivity index (χ0) is 15.4. The van der Waals surface area contributed by atoms with Crippen molar-refractivity contribution >= 4 is 23.3 Å². The number of likely N-dealkylation sites (tertiary alicyclic amines) is 1. The molecule has 4 nitrogen and oxygen atoms in total. The molecule has 0 radical (unpaired) electrons. The fourth-order valence-corrected chi connectivity index (χ4v) is 3.06. The van der Waals surface area contributed by atoms with Crippen molar-refractivity contribution in [2.45, 2.75) is 25.3 Å². The van der Waals surface area contributed by atoms with Crippen LogP contribution in [-0.4, -0.2) is 22.5 Å². The molecule has 1 aliphatic heterocycles. The Hall–Kier alpha value is -2.07. The molecule has 1 N–H and O–H groups in total. The van der Waals surface area contributed by atoms with Gasteiger partial charge in [-0.2, -0.15) is 0 Å². The molecule has 0 aliphatic carbocycles. The predicted octanol–water partition coefficient (Wildman–Crippen LogP) is 4.49. The molecule has 1 fully saturated rings. The lowest BCUT2D eigenvalue weighted by Crippen LogP contribution is -2.41. The molecule has 2 amide bonds. The lowest BCUT2D eigenvalue weighted by molar-refractivity contribution is 0.163. The van der Waals surface area contributed by atoms with Crippen LogP contribution in [0, 0.1) is 0 Å². The number of carbonyl (C=O) groups excluding carboxylic acids is 1. The Labute approximate surface area is 135 Å². The number of aromatic nitrogens is 1. The number of anilines is 1. The first-order valence-corrected chi connectivity index (χ1v) is 7.85. The molecule has 1 saturated heterocycles. The molecule has 2 aromatic rings. The zero-order valence-corrected chi connectivity index (χ0v) is 13.0. The molecule has 114 valence electrons. The predicted molar refractivity (Wildman–Crippen MR) is 88.0 cm³/mol. The van der Waals surface area contributed by atoms with Crippen molar-refractivity contribution < 1.29 is 4.79 Å². The minimum atomic E-state index is -0.0733. The molecule has 0 saturated carbocycles. The van der Waals surface area contributed by atoms with Crippen molar-refractivity contribution in [2.24, 2.45) is 0 Å². The van der Waals surface area contributed by atoms with Gasteiger partial charge in [0.1, 0.15) is 0 Å². The molecule has 0 spiro atoms. The molecule has 2 heterocycles. The third kappa shape index (κ3) is 3.39. The Morgan fingerprint density at radius 2 is 2.05 bits per heavy atom. The summed E-state index contributed by atoms with van der Waals surface area (Å²) < 4.78 is 0. The smallest absolute Gasteiger partial charge is 0.317 e. The molecular formula is C17H18ClN3O. The van der Waals surface area contributed by atoms with Crippen LogP contribution in [0.1, 0.15) is 30.9 Å². The molecule has 1 aliphatic rings. The Morgan fingerprint density at radius 3 is 2.82 bits per heavy atom. The number of nitrogens with one attached hydrogen (secondary N) is 1. The summed E-state index contributed by atoms with van der Waals surface area (Å²) in [5, 5.41) is 3.65. The minimum Gasteiger partial charge on any atom is -0.317 e. The van der Waals surface area contributed by atoms with E-state index in [1.807, 2.05) is 29.2 Å². The largest absolute Gasteiger partial charge is 0.322 e. The molecular weight excluding hydrogens is 298 g/mol. The molecule has 0 bridgehead atoms. The first-order valence-electron chi connectivity index (χ1n) is 7.47. The van der Waals surface area contributed by atoms with E-state index in [0.29, 0.717) is 5.02 Å². The van der Waals surface area contributed by atoms with Gasteiger partial charge in [-0.05, 0) is 49.1 Å². The van der Waals surface area contributed by atoms with Gasteiger partial charge in [-0.1, -0.05) is 23.7 Å². The second-order valence-corrected chi connectivity index (χ2v) is 5.86. The van der Waals surface area contributed by atoms with Gasteiger partial charge in [-0.25, -0.2) is 4.79 Å². The van der Waals surface area contributed by atoms with Crippen LogP contribution in [0.2, 0.25) is 5.02 Å². The quantitative estimate of drug-likeness (QED) is 0.887. The number of pyridine rings is 1. The van der Waals surface area contributed by atoms with Gasteiger partial charge in [-0.3, -0.25) is 4.98 Å². The van der Waals surface area contributed by atoms with Gasteiger partial charge in [0.15, 0.2) is 0 Å². The van der Waals surface area contributed by atoms with E-state index < -0.39 is 0 Å². The highest BCUT2D eigenvalue weighted by molar-refractivity contribution is 6.30. The number of nitrogens with zero attached hydrogens (tertiary/aromatic N) is 2. The van der Waals surface area contributed by atoms with Gasteiger partial charge < -0.3 is 10.2 Å². The van der Waals surface area contributed by atoms with Crippen molar-refractivity contribution in [2.75, 3.05) is 11.9 Å². The maximum absolute atomic E-state index is 12.6. The minimum absolute atomic E-state index is 0.0733. The van der Waals surface area contributed by atoms with Gasteiger partial charge in [0.25, 0.3) is 0 Å². The van der Waals surface area contributed by atoms with Crippen LogP contribution < -0.4 is 5.32 Å². The summed E-state index contributed by atoms with van der Waals surface area (Å²) >= 11 is 6.10. The number of benzene rings is 1. The second kappa shape index (κ2) is 6.79. The van der Waals surface area contributed by atoms with E-state index in [2.05, 4.69) is 10.3 Å². The second-order valence-electron chi connectivity index (χ2n) is 5.43. The van der Waals surface area contributed by atoms with Gasteiger partial charge in [0.05, 0.1) is 6.04 Å². The Kier molecular flexibility index (Phi) is 4.59. The highest BCUT2D eigenvalue weighted by atomic mass is 35.5. The normalized spacial score (nSPS) is 18.0. The lowest BCUT2D eigenvalue weighted by Gasteiger charge is -2.36. The van der Waals surface area contributed by atoms with E-state index in [4.69, 9.17) is 11.6 Å². The fourth-order valence-electron chi connectivity index (χ4n) is 2.87. The average molecular weight is 316 g/mol. The monoisotopic (exact) mass is 315 g/mol. The SMILES string of the molecule is O=C(Nc1ccncc1)N1CCCCC1c1cccc(Cl)c1. The van der Waals surface area contributed by atoms with Crippen molar-refractivity contribution in [3.8, 4) is 0 Å². The van der Waals surface area contributed by atoms with E-state index in [1.54, 1.807) is 24.5 Å². The van der Waals surface area contributed by atoms with Gasteiger partial charge in [0.2, 0.25) is 0 Å². The van der Waals surface area contributed by atoms with Crippen LogP contribution >= 0.6 is 11.6 Å². The molecule has 1 aromatic carbocycles. The molecule has 1 unspecified atom stereocenters. The molecule has 3 rings (SSSR count). The topological polar surface area (TPSA) is 45.2 Å². The van der Waals surface area contributed by atoms with Gasteiger partial charge in [0, 0.05) is 29.6 Å². The van der Waals surface area contributed by atoms with Crippen molar-refractivity contribution in [3.05, 3.63) is 59.4 Å². The first kappa shape index (κ1) is 14.9. The average Bonchev–Trinajstić information content (AvgIpc) is 2.56.